The van der Waals surface area contributed by atoms with Crippen LogP contribution < -0.4 is 0 Å². The van der Waals surface area contributed by atoms with Crippen LogP contribution in [0.25, 0.3) is 12.2 Å². The molecule has 0 aromatic carbocycles. The van der Waals surface area contributed by atoms with Crippen LogP contribution in [0.1, 0.15) is 25.4 Å². The summed E-state index contributed by atoms with van der Waals surface area (Å²) in [5.41, 5.74) is -0.0927. The molecular weight excluding hydrogens is 301 g/mol. The fourth-order valence-corrected chi connectivity index (χ4v) is 2.48. The summed E-state index contributed by atoms with van der Waals surface area (Å²) in [4.78, 5) is 17.9. The van der Waals surface area contributed by atoms with E-state index in [1.807, 2.05) is 0 Å². The van der Waals surface area contributed by atoms with Gasteiger partial charge in [-0.3, -0.25) is 0 Å². The topological polar surface area (TPSA) is 63.1 Å². The van der Waals surface area contributed by atoms with E-state index in [0.29, 0.717) is 21.2 Å². The predicted octanol–water partition coefficient (Wildman–Crippen LogP) is 3.49. The molecule has 0 aliphatic carbocycles. The fourth-order valence-electron chi connectivity index (χ4n) is 1.11. The number of halogens is 3. The van der Waals surface area contributed by atoms with Gasteiger partial charge in [0.25, 0.3) is 0 Å². The quantitative estimate of drug-likeness (QED) is 0.943. The number of alkyl halides is 3. The highest BCUT2D eigenvalue weighted by Gasteiger charge is 2.34. The van der Waals surface area contributed by atoms with E-state index in [0.717, 1.165) is 17.5 Å². The minimum atomic E-state index is -4.45. The summed E-state index contributed by atoms with van der Waals surface area (Å²) < 4.78 is 36.9. The molecule has 2 heterocycles. The highest BCUT2D eigenvalue weighted by atomic mass is 32.1. The molecule has 0 saturated heterocycles. The standard InChI is InChI=1S/C10H5F3N2O2S2/c11-10(12,13)9-14-3-5(19-9)1-2-7-15-6(4-18-7)8(16)17/h1-4H,(H,16,17)/b2-1+. The Labute approximate surface area is 112 Å². The van der Waals surface area contributed by atoms with Gasteiger partial charge < -0.3 is 5.11 Å². The third-order valence-electron chi connectivity index (χ3n) is 1.90. The lowest BCUT2D eigenvalue weighted by atomic mass is 10.4. The van der Waals surface area contributed by atoms with Gasteiger partial charge in [0.15, 0.2) is 10.7 Å². The van der Waals surface area contributed by atoms with Gasteiger partial charge in [-0.1, -0.05) is 0 Å². The monoisotopic (exact) mass is 306 g/mol. The number of hydrogen-bond acceptors (Lipinski definition) is 5. The normalized spacial score (nSPS) is 12.2. The molecule has 0 aliphatic rings. The average Bonchev–Trinajstić information content (AvgIpc) is 2.95. The Bertz CT molecular complexity index is 631. The summed E-state index contributed by atoms with van der Waals surface area (Å²) in [6, 6.07) is 0. The maximum absolute atomic E-state index is 12.3. The molecule has 0 fully saturated rings. The molecule has 0 spiro atoms. The highest BCUT2D eigenvalue weighted by molar-refractivity contribution is 7.13. The van der Waals surface area contributed by atoms with E-state index in [2.05, 4.69) is 9.97 Å². The zero-order chi connectivity index (χ0) is 14.0. The second-order valence-electron chi connectivity index (χ2n) is 3.28. The zero-order valence-corrected chi connectivity index (χ0v) is 10.6. The number of hydrogen-bond donors (Lipinski definition) is 1. The zero-order valence-electron chi connectivity index (χ0n) is 9.01. The molecule has 0 saturated carbocycles. The number of aromatic nitrogens is 2. The minimum Gasteiger partial charge on any atom is -0.476 e. The number of carbonyl (C=O) groups is 1. The summed E-state index contributed by atoms with van der Waals surface area (Å²) in [5.74, 6) is -1.15. The van der Waals surface area contributed by atoms with Gasteiger partial charge in [0.05, 0.1) is 0 Å². The van der Waals surface area contributed by atoms with Crippen LogP contribution >= 0.6 is 22.7 Å². The number of rotatable bonds is 3. The van der Waals surface area contributed by atoms with Crippen LogP contribution in [0.15, 0.2) is 11.6 Å². The van der Waals surface area contributed by atoms with E-state index in [1.165, 1.54) is 17.5 Å². The first-order valence-corrected chi connectivity index (χ1v) is 6.46. The van der Waals surface area contributed by atoms with E-state index in [4.69, 9.17) is 5.11 Å². The second-order valence-corrected chi connectivity index (χ2v) is 5.23. The molecule has 0 unspecified atom stereocenters. The van der Waals surface area contributed by atoms with Crippen molar-refractivity contribution in [1.82, 2.24) is 9.97 Å². The molecule has 1 N–H and O–H groups in total. The molecule has 2 rings (SSSR count). The second kappa shape index (κ2) is 5.10. The van der Waals surface area contributed by atoms with E-state index >= 15 is 0 Å². The van der Waals surface area contributed by atoms with Crippen molar-refractivity contribution in [2.24, 2.45) is 0 Å². The molecule has 0 amide bonds. The Hall–Kier alpha value is -1.74. The summed E-state index contributed by atoms with van der Waals surface area (Å²) in [6.45, 7) is 0. The van der Waals surface area contributed by atoms with Gasteiger partial charge >= 0.3 is 12.1 Å². The number of carboxylic acids is 1. The van der Waals surface area contributed by atoms with Crippen molar-refractivity contribution in [3.63, 3.8) is 0 Å². The first-order chi connectivity index (χ1) is 8.86. The molecule has 0 aliphatic heterocycles. The Morgan fingerprint density at radius 3 is 2.63 bits per heavy atom. The molecule has 4 nitrogen and oxygen atoms in total. The smallest absolute Gasteiger partial charge is 0.443 e. The Morgan fingerprint density at radius 2 is 2.11 bits per heavy atom. The van der Waals surface area contributed by atoms with Crippen molar-refractivity contribution < 1.29 is 23.1 Å². The van der Waals surface area contributed by atoms with Crippen LogP contribution in [-0.2, 0) is 6.18 Å². The van der Waals surface area contributed by atoms with Crippen molar-refractivity contribution in [3.8, 4) is 0 Å². The van der Waals surface area contributed by atoms with Crippen LogP contribution in [-0.4, -0.2) is 21.0 Å². The van der Waals surface area contributed by atoms with E-state index in [-0.39, 0.29) is 5.69 Å². The molecule has 100 valence electrons. The minimum absolute atomic E-state index is 0.0927. The molecule has 2 aromatic heterocycles. The Balaban J connectivity index is 2.14. The molecule has 19 heavy (non-hydrogen) atoms. The van der Waals surface area contributed by atoms with Gasteiger partial charge in [-0.15, -0.1) is 22.7 Å². The van der Waals surface area contributed by atoms with Gasteiger partial charge in [0.1, 0.15) is 5.01 Å². The third kappa shape index (κ3) is 3.38. The van der Waals surface area contributed by atoms with Gasteiger partial charge in [-0.25, -0.2) is 14.8 Å². The van der Waals surface area contributed by atoms with Crippen molar-refractivity contribution >= 4 is 40.8 Å². The van der Waals surface area contributed by atoms with Crippen LogP contribution in [0.4, 0.5) is 13.2 Å². The summed E-state index contributed by atoms with van der Waals surface area (Å²) in [6.07, 6.45) is -0.480. The van der Waals surface area contributed by atoms with Gasteiger partial charge in [-0.2, -0.15) is 13.2 Å². The van der Waals surface area contributed by atoms with Crippen LogP contribution in [0.3, 0.4) is 0 Å². The average molecular weight is 306 g/mol. The number of carboxylic acid groups (broad SMARTS) is 1. The lowest BCUT2D eigenvalue weighted by Crippen LogP contribution is -2.02. The largest absolute Gasteiger partial charge is 0.476 e. The molecular formula is C10H5F3N2O2S2. The lowest BCUT2D eigenvalue weighted by molar-refractivity contribution is -0.137. The summed E-state index contributed by atoms with van der Waals surface area (Å²) in [5, 5.41) is 9.50. The van der Waals surface area contributed by atoms with Gasteiger partial charge in [0, 0.05) is 16.5 Å². The SMILES string of the molecule is O=C(O)c1csc(/C=C/c2cnc(C(F)(F)F)s2)n1. The van der Waals surface area contributed by atoms with Crippen LogP contribution in [0, 0.1) is 0 Å². The number of aromatic carboxylic acids is 1. The fraction of sp³-hybridized carbons (Fsp3) is 0.100. The first kappa shape index (κ1) is 13.7. The molecule has 2 aromatic rings. The number of thiazole rings is 2. The van der Waals surface area contributed by atoms with Crippen molar-refractivity contribution in [3.05, 3.63) is 32.2 Å². The highest BCUT2D eigenvalue weighted by Crippen LogP contribution is 2.33. The molecule has 0 radical (unpaired) electrons. The maximum atomic E-state index is 12.3. The third-order valence-corrected chi connectivity index (χ3v) is 3.71. The van der Waals surface area contributed by atoms with E-state index in [9.17, 15) is 18.0 Å². The molecule has 0 bridgehead atoms. The first-order valence-electron chi connectivity index (χ1n) is 4.76. The Kier molecular flexibility index (Phi) is 3.67. The van der Waals surface area contributed by atoms with Crippen LogP contribution in [0.5, 0.6) is 0 Å². The van der Waals surface area contributed by atoms with Gasteiger partial charge in [0.2, 0.25) is 0 Å². The summed E-state index contributed by atoms with van der Waals surface area (Å²) in [7, 11) is 0. The summed E-state index contributed by atoms with van der Waals surface area (Å²) >= 11 is 1.60. The number of nitrogens with zero attached hydrogens (tertiary/aromatic N) is 2. The molecule has 0 atom stereocenters. The Morgan fingerprint density at radius 1 is 1.37 bits per heavy atom. The predicted molar refractivity (Wildman–Crippen MR) is 65.1 cm³/mol. The lowest BCUT2D eigenvalue weighted by Gasteiger charge is -1.98. The van der Waals surface area contributed by atoms with Crippen molar-refractivity contribution in [1.29, 1.82) is 0 Å². The van der Waals surface area contributed by atoms with E-state index < -0.39 is 17.2 Å². The van der Waals surface area contributed by atoms with Gasteiger partial charge in [-0.05, 0) is 12.2 Å². The van der Waals surface area contributed by atoms with E-state index in [1.54, 1.807) is 0 Å². The van der Waals surface area contributed by atoms with Crippen molar-refractivity contribution in [2.75, 3.05) is 0 Å². The molecule has 9 heteroatoms. The van der Waals surface area contributed by atoms with Crippen LogP contribution in [0.2, 0.25) is 0 Å². The maximum Gasteiger partial charge on any atom is 0.443 e. The van der Waals surface area contributed by atoms with Crippen molar-refractivity contribution in [2.45, 2.75) is 6.18 Å².